The SMILES string of the molecule is CN(C)C(=O)c1cccc(S(=O)(=O)NCc2nc3ccc(F)cc3n2C)c1. The van der Waals surface area contributed by atoms with Gasteiger partial charge < -0.3 is 9.47 Å². The molecular formula is C18H19FN4O3S. The molecule has 2 aromatic carbocycles. The van der Waals surface area contributed by atoms with E-state index >= 15 is 0 Å². The molecule has 27 heavy (non-hydrogen) atoms. The third-order valence-corrected chi connectivity index (χ3v) is 5.55. The average molecular weight is 390 g/mol. The fraction of sp³-hybridized carbons (Fsp3) is 0.222. The molecule has 1 aromatic heterocycles. The van der Waals surface area contributed by atoms with Crippen LogP contribution in [0.4, 0.5) is 4.39 Å². The Hall–Kier alpha value is -2.78. The van der Waals surface area contributed by atoms with Crippen molar-refractivity contribution in [1.82, 2.24) is 19.2 Å². The number of halogens is 1. The normalized spacial score (nSPS) is 11.7. The van der Waals surface area contributed by atoms with Gasteiger partial charge in [0.15, 0.2) is 0 Å². The highest BCUT2D eigenvalue weighted by Crippen LogP contribution is 2.17. The largest absolute Gasteiger partial charge is 0.345 e. The summed E-state index contributed by atoms with van der Waals surface area (Å²) in [7, 11) is 1.03. The van der Waals surface area contributed by atoms with Crippen LogP contribution in [0, 0.1) is 5.82 Å². The van der Waals surface area contributed by atoms with Gasteiger partial charge in [0.2, 0.25) is 10.0 Å². The van der Waals surface area contributed by atoms with Gasteiger partial charge in [-0.05, 0) is 36.4 Å². The van der Waals surface area contributed by atoms with Gasteiger partial charge in [-0.15, -0.1) is 0 Å². The highest BCUT2D eigenvalue weighted by molar-refractivity contribution is 7.89. The number of sulfonamides is 1. The lowest BCUT2D eigenvalue weighted by atomic mass is 10.2. The first-order valence-electron chi connectivity index (χ1n) is 8.11. The van der Waals surface area contributed by atoms with Crippen molar-refractivity contribution in [2.75, 3.05) is 14.1 Å². The maximum atomic E-state index is 13.4. The minimum absolute atomic E-state index is 0.0139. The molecule has 3 aromatic rings. The van der Waals surface area contributed by atoms with Crippen LogP contribution in [0.3, 0.4) is 0 Å². The van der Waals surface area contributed by atoms with Crippen molar-refractivity contribution in [3.8, 4) is 0 Å². The van der Waals surface area contributed by atoms with Crippen molar-refractivity contribution >= 4 is 27.0 Å². The standard InChI is InChI=1S/C18H19FN4O3S/c1-22(2)18(24)12-5-4-6-14(9-12)27(25,26)20-11-17-21-15-8-7-13(19)10-16(15)23(17)3/h4-10,20H,11H2,1-3H3. The monoisotopic (exact) mass is 390 g/mol. The quantitative estimate of drug-likeness (QED) is 0.721. The van der Waals surface area contributed by atoms with Gasteiger partial charge in [-0.3, -0.25) is 4.79 Å². The number of nitrogens with one attached hydrogen (secondary N) is 1. The number of imidazole rings is 1. The van der Waals surface area contributed by atoms with Crippen molar-refractivity contribution in [2.24, 2.45) is 7.05 Å². The molecule has 0 aliphatic rings. The van der Waals surface area contributed by atoms with Crippen LogP contribution in [0.25, 0.3) is 11.0 Å². The topological polar surface area (TPSA) is 84.3 Å². The number of carbonyl (C=O) groups excluding carboxylic acids is 1. The van der Waals surface area contributed by atoms with E-state index in [1.54, 1.807) is 37.8 Å². The smallest absolute Gasteiger partial charge is 0.253 e. The first-order chi connectivity index (χ1) is 12.7. The van der Waals surface area contributed by atoms with Crippen LogP contribution in [-0.4, -0.2) is 42.9 Å². The van der Waals surface area contributed by atoms with Crippen LogP contribution in [0.5, 0.6) is 0 Å². The van der Waals surface area contributed by atoms with Crippen LogP contribution in [0.2, 0.25) is 0 Å². The molecule has 142 valence electrons. The number of carbonyl (C=O) groups is 1. The van der Waals surface area contributed by atoms with Crippen LogP contribution < -0.4 is 4.72 Å². The molecule has 1 N–H and O–H groups in total. The number of nitrogens with zero attached hydrogens (tertiary/aromatic N) is 3. The van der Waals surface area contributed by atoms with Crippen LogP contribution >= 0.6 is 0 Å². The zero-order chi connectivity index (χ0) is 19.8. The van der Waals surface area contributed by atoms with Crippen molar-refractivity contribution < 1.29 is 17.6 Å². The number of hydrogen-bond acceptors (Lipinski definition) is 4. The molecule has 9 heteroatoms. The predicted molar refractivity (Wildman–Crippen MR) is 99.2 cm³/mol. The second kappa shape index (κ2) is 7.09. The Labute approximate surface area is 156 Å². The number of benzene rings is 2. The van der Waals surface area contributed by atoms with Gasteiger partial charge in [0.1, 0.15) is 11.6 Å². The van der Waals surface area contributed by atoms with Gasteiger partial charge in [-0.1, -0.05) is 6.07 Å². The van der Waals surface area contributed by atoms with E-state index in [-0.39, 0.29) is 28.7 Å². The van der Waals surface area contributed by atoms with Crippen molar-refractivity contribution in [3.63, 3.8) is 0 Å². The molecule has 0 saturated carbocycles. The van der Waals surface area contributed by atoms with E-state index in [1.165, 1.54) is 35.2 Å². The number of amides is 1. The summed E-state index contributed by atoms with van der Waals surface area (Å²) in [6.45, 7) is -0.0685. The third kappa shape index (κ3) is 3.83. The Balaban J connectivity index is 1.85. The number of hydrogen-bond donors (Lipinski definition) is 1. The Bertz CT molecular complexity index is 1120. The zero-order valence-corrected chi connectivity index (χ0v) is 15.9. The van der Waals surface area contributed by atoms with E-state index in [0.29, 0.717) is 16.9 Å². The van der Waals surface area contributed by atoms with E-state index in [9.17, 15) is 17.6 Å². The summed E-state index contributed by atoms with van der Waals surface area (Å²) in [5.74, 6) is -0.232. The summed E-state index contributed by atoms with van der Waals surface area (Å²) < 4.78 is 42.7. The molecule has 7 nitrogen and oxygen atoms in total. The van der Waals surface area contributed by atoms with Crippen molar-refractivity contribution in [1.29, 1.82) is 0 Å². The fourth-order valence-electron chi connectivity index (χ4n) is 2.67. The second-order valence-electron chi connectivity index (χ2n) is 6.27. The lowest BCUT2D eigenvalue weighted by Gasteiger charge is -2.12. The third-order valence-electron chi connectivity index (χ3n) is 4.15. The summed E-state index contributed by atoms with van der Waals surface area (Å²) in [6.07, 6.45) is 0. The number of rotatable bonds is 5. The molecule has 1 heterocycles. The lowest BCUT2D eigenvalue weighted by Crippen LogP contribution is -2.26. The van der Waals surface area contributed by atoms with Crippen LogP contribution in [0.1, 0.15) is 16.2 Å². The molecular weight excluding hydrogens is 371 g/mol. The van der Waals surface area contributed by atoms with Gasteiger partial charge in [0, 0.05) is 26.7 Å². The van der Waals surface area contributed by atoms with Gasteiger partial charge >= 0.3 is 0 Å². The Morgan fingerprint density at radius 3 is 2.67 bits per heavy atom. The zero-order valence-electron chi connectivity index (χ0n) is 15.1. The molecule has 0 radical (unpaired) electrons. The molecule has 0 atom stereocenters. The molecule has 1 amide bonds. The van der Waals surface area contributed by atoms with E-state index in [0.717, 1.165) is 0 Å². The lowest BCUT2D eigenvalue weighted by molar-refractivity contribution is 0.0827. The minimum Gasteiger partial charge on any atom is -0.345 e. The molecule has 0 saturated heterocycles. The average Bonchev–Trinajstić information content (AvgIpc) is 2.95. The summed E-state index contributed by atoms with van der Waals surface area (Å²) in [6, 6.07) is 10.0. The van der Waals surface area contributed by atoms with Gasteiger partial charge in [0.05, 0.1) is 22.5 Å². The molecule has 0 spiro atoms. The van der Waals surface area contributed by atoms with Crippen molar-refractivity contribution in [3.05, 3.63) is 59.7 Å². The maximum Gasteiger partial charge on any atom is 0.253 e. The van der Waals surface area contributed by atoms with E-state index in [4.69, 9.17) is 0 Å². The van der Waals surface area contributed by atoms with Gasteiger partial charge in [0.25, 0.3) is 5.91 Å². The van der Waals surface area contributed by atoms with E-state index < -0.39 is 10.0 Å². The first kappa shape index (κ1) is 19.0. The summed E-state index contributed by atoms with van der Waals surface area (Å²) in [4.78, 5) is 17.7. The molecule has 0 unspecified atom stereocenters. The maximum absolute atomic E-state index is 13.4. The molecule has 0 fully saturated rings. The van der Waals surface area contributed by atoms with Gasteiger partial charge in [-0.25, -0.2) is 22.5 Å². The second-order valence-corrected chi connectivity index (χ2v) is 8.04. The number of fused-ring (bicyclic) bond motifs is 1. The first-order valence-corrected chi connectivity index (χ1v) is 9.59. The summed E-state index contributed by atoms with van der Waals surface area (Å²) in [5.41, 5.74) is 1.43. The summed E-state index contributed by atoms with van der Waals surface area (Å²) in [5, 5.41) is 0. The fourth-order valence-corrected chi connectivity index (χ4v) is 3.69. The van der Waals surface area contributed by atoms with E-state index in [2.05, 4.69) is 9.71 Å². The highest BCUT2D eigenvalue weighted by atomic mass is 32.2. The molecule has 0 bridgehead atoms. The molecule has 3 rings (SSSR count). The molecule has 0 aliphatic heterocycles. The Morgan fingerprint density at radius 2 is 1.96 bits per heavy atom. The van der Waals surface area contributed by atoms with Gasteiger partial charge in [-0.2, -0.15) is 0 Å². The van der Waals surface area contributed by atoms with Crippen LogP contribution in [0.15, 0.2) is 47.4 Å². The van der Waals surface area contributed by atoms with E-state index in [1.807, 2.05) is 0 Å². The minimum atomic E-state index is -3.85. The predicted octanol–water partition coefficient (Wildman–Crippen LogP) is 1.89. The number of aryl methyl sites for hydroxylation is 1. The number of aromatic nitrogens is 2. The Kier molecular flexibility index (Phi) is 4.99. The molecule has 0 aliphatic carbocycles. The van der Waals surface area contributed by atoms with Crippen LogP contribution in [-0.2, 0) is 23.6 Å². The van der Waals surface area contributed by atoms with Crippen molar-refractivity contribution in [2.45, 2.75) is 11.4 Å². The highest BCUT2D eigenvalue weighted by Gasteiger charge is 2.18. The Morgan fingerprint density at radius 1 is 1.22 bits per heavy atom. The summed E-state index contributed by atoms with van der Waals surface area (Å²) >= 11 is 0.